The Morgan fingerprint density at radius 3 is 2.75 bits per heavy atom. The second-order valence-corrected chi connectivity index (χ2v) is 5.37. The van der Waals surface area contributed by atoms with E-state index < -0.39 is 0 Å². The first-order valence-electron chi connectivity index (χ1n) is 7.69. The quantitative estimate of drug-likeness (QED) is 0.828. The minimum Gasteiger partial charge on any atom is -0.381 e. The number of nitrogens with zero attached hydrogens (tertiary/aromatic N) is 2. The number of rotatable bonds is 7. The molecule has 0 radical (unpaired) electrons. The van der Waals surface area contributed by atoms with Crippen molar-refractivity contribution in [2.24, 2.45) is 0 Å². The lowest BCUT2D eigenvalue weighted by molar-refractivity contribution is 0.212. The maximum atomic E-state index is 13.5. The molecule has 1 aliphatic rings. The molecule has 2 rings (SSSR count). The van der Waals surface area contributed by atoms with Crippen LogP contribution in [0.3, 0.4) is 0 Å². The van der Waals surface area contributed by atoms with E-state index in [1.807, 2.05) is 6.07 Å². The highest BCUT2D eigenvalue weighted by Crippen LogP contribution is 2.16. The molecular weight excluding hydrogens is 253 g/mol. The van der Waals surface area contributed by atoms with Crippen LogP contribution < -0.4 is 5.32 Å². The summed E-state index contributed by atoms with van der Waals surface area (Å²) >= 11 is 0. The van der Waals surface area contributed by atoms with Gasteiger partial charge in [-0.25, -0.2) is 4.39 Å². The zero-order valence-corrected chi connectivity index (χ0v) is 12.6. The molecule has 1 atom stereocenters. The average Bonchev–Trinajstić information content (AvgIpc) is 2.91. The number of para-hydroxylation sites is 1. The van der Waals surface area contributed by atoms with Gasteiger partial charge in [0.15, 0.2) is 0 Å². The van der Waals surface area contributed by atoms with Crippen LogP contribution in [0.2, 0.25) is 0 Å². The minimum absolute atomic E-state index is 0.171. The van der Waals surface area contributed by atoms with Gasteiger partial charge in [0.2, 0.25) is 0 Å². The Balaban J connectivity index is 1.72. The fourth-order valence-corrected chi connectivity index (χ4v) is 3.01. The molecule has 1 heterocycles. The SMILES string of the molecule is CCN(CC)C1CCN(CCNc2ccccc2F)C1. The number of nitrogens with one attached hydrogen (secondary N) is 1. The monoisotopic (exact) mass is 279 g/mol. The molecule has 20 heavy (non-hydrogen) atoms. The molecule has 0 bridgehead atoms. The summed E-state index contributed by atoms with van der Waals surface area (Å²) in [5.41, 5.74) is 0.604. The number of likely N-dealkylation sites (tertiary alicyclic amines) is 1. The van der Waals surface area contributed by atoms with Gasteiger partial charge >= 0.3 is 0 Å². The van der Waals surface area contributed by atoms with E-state index in [9.17, 15) is 4.39 Å². The second kappa shape index (κ2) is 7.60. The molecule has 1 fully saturated rings. The highest BCUT2D eigenvalue weighted by molar-refractivity contribution is 5.44. The van der Waals surface area contributed by atoms with Crippen molar-refractivity contribution in [3.8, 4) is 0 Å². The van der Waals surface area contributed by atoms with Gasteiger partial charge in [0.25, 0.3) is 0 Å². The van der Waals surface area contributed by atoms with Crippen molar-refractivity contribution in [1.29, 1.82) is 0 Å². The van der Waals surface area contributed by atoms with Crippen LogP contribution in [-0.4, -0.2) is 55.1 Å². The van der Waals surface area contributed by atoms with Crippen molar-refractivity contribution in [3.05, 3.63) is 30.1 Å². The summed E-state index contributed by atoms with van der Waals surface area (Å²) in [5, 5.41) is 3.18. The van der Waals surface area contributed by atoms with Crippen molar-refractivity contribution in [3.63, 3.8) is 0 Å². The van der Waals surface area contributed by atoms with Crippen LogP contribution in [0.15, 0.2) is 24.3 Å². The molecule has 1 aromatic rings. The van der Waals surface area contributed by atoms with Gasteiger partial charge in [-0.05, 0) is 38.2 Å². The van der Waals surface area contributed by atoms with Crippen molar-refractivity contribution >= 4 is 5.69 Å². The van der Waals surface area contributed by atoms with Crippen LogP contribution in [0, 0.1) is 5.82 Å². The lowest BCUT2D eigenvalue weighted by atomic mass is 10.2. The van der Waals surface area contributed by atoms with Crippen molar-refractivity contribution in [1.82, 2.24) is 9.80 Å². The second-order valence-electron chi connectivity index (χ2n) is 5.37. The molecule has 1 N–H and O–H groups in total. The number of benzene rings is 1. The van der Waals surface area contributed by atoms with Gasteiger partial charge in [-0.15, -0.1) is 0 Å². The maximum Gasteiger partial charge on any atom is 0.146 e. The average molecular weight is 279 g/mol. The van der Waals surface area contributed by atoms with Crippen LogP contribution in [0.5, 0.6) is 0 Å². The topological polar surface area (TPSA) is 18.5 Å². The molecule has 1 aromatic carbocycles. The molecule has 112 valence electrons. The van der Waals surface area contributed by atoms with Crippen LogP contribution >= 0.6 is 0 Å². The smallest absolute Gasteiger partial charge is 0.146 e. The Morgan fingerprint density at radius 2 is 2.05 bits per heavy atom. The van der Waals surface area contributed by atoms with Gasteiger partial charge in [0.1, 0.15) is 5.82 Å². The summed E-state index contributed by atoms with van der Waals surface area (Å²) < 4.78 is 13.5. The standard InChI is InChI=1S/C16H26FN3/c1-3-20(4-2)14-9-11-19(13-14)12-10-18-16-8-6-5-7-15(16)17/h5-8,14,18H,3-4,9-13H2,1-2H3. The first-order valence-corrected chi connectivity index (χ1v) is 7.69. The molecule has 3 nitrogen and oxygen atoms in total. The number of hydrogen-bond acceptors (Lipinski definition) is 3. The summed E-state index contributed by atoms with van der Waals surface area (Å²) in [6, 6.07) is 7.55. The molecule has 4 heteroatoms. The van der Waals surface area contributed by atoms with E-state index in [1.165, 1.54) is 12.5 Å². The van der Waals surface area contributed by atoms with Crippen molar-refractivity contribution < 1.29 is 4.39 Å². The Kier molecular flexibility index (Phi) is 5.80. The van der Waals surface area contributed by atoms with E-state index in [2.05, 4.69) is 29.0 Å². The Bertz CT molecular complexity index is 406. The third-order valence-corrected chi connectivity index (χ3v) is 4.19. The number of halogens is 1. The van der Waals surface area contributed by atoms with Gasteiger partial charge in [0.05, 0.1) is 5.69 Å². The normalized spacial score (nSPS) is 19.7. The zero-order chi connectivity index (χ0) is 14.4. The summed E-state index contributed by atoms with van der Waals surface area (Å²) in [5.74, 6) is -0.171. The van der Waals surface area contributed by atoms with Crippen molar-refractivity contribution in [2.75, 3.05) is 44.6 Å². The summed E-state index contributed by atoms with van der Waals surface area (Å²) in [6.07, 6.45) is 1.25. The van der Waals surface area contributed by atoms with E-state index in [-0.39, 0.29) is 5.82 Å². The van der Waals surface area contributed by atoms with E-state index >= 15 is 0 Å². The molecule has 0 aromatic heterocycles. The molecule has 0 amide bonds. The Hall–Kier alpha value is -1.13. The van der Waals surface area contributed by atoms with Gasteiger partial charge in [-0.1, -0.05) is 26.0 Å². The molecule has 1 unspecified atom stereocenters. The van der Waals surface area contributed by atoms with E-state index in [1.54, 1.807) is 12.1 Å². The van der Waals surface area contributed by atoms with Crippen LogP contribution in [-0.2, 0) is 0 Å². The maximum absolute atomic E-state index is 13.5. The third kappa shape index (κ3) is 3.93. The summed E-state index contributed by atoms with van der Waals surface area (Å²) in [4.78, 5) is 5.00. The summed E-state index contributed by atoms with van der Waals surface area (Å²) in [6.45, 7) is 10.8. The first-order chi connectivity index (χ1) is 9.74. The largest absolute Gasteiger partial charge is 0.381 e. The van der Waals surface area contributed by atoms with Gasteiger partial charge in [0, 0.05) is 25.7 Å². The van der Waals surface area contributed by atoms with Crippen LogP contribution in [0.25, 0.3) is 0 Å². The molecule has 0 spiro atoms. The fourth-order valence-electron chi connectivity index (χ4n) is 3.01. The predicted octanol–water partition coefficient (Wildman–Crippen LogP) is 2.65. The molecule has 0 aliphatic carbocycles. The van der Waals surface area contributed by atoms with Gasteiger partial charge in [-0.3, -0.25) is 9.80 Å². The van der Waals surface area contributed by atoms with E-state index in [0.717, 1.165) is 39.3 Å². The molecular formula is C16H26FN3. The van der Waals surface area contributed by atoms with Crippen LogP contribution in [0.1, 0.15) is 20.3 Å². The highest BCUT2D eigenvalue weighted by atomic mass is 19.1. The number of likely N-dealkylation sites (N-methyl/N-ethyl adjacent to an activating group) is 1. The van der Waals surface area contributed by atoms with E-state index in [4.69, 9.17) is 0 Å². The molecule has 1 aliphatic heterocycles. The van der Waals surface area contributed by atoms with Crippen LogP contribution in [0.4, 0.5) is 10.1 Å². The number of hydrogen-bond donors (Lipinski definition) is 1. The minimum atomic E-state index is -0.171. The summed E-state index contributed by atoms with van der Waals surface area (Å²) in [7, 11) is 0. The zero-order valence-electron chi connectivity index (χ0n) is 12.6. The first kappa shape index (κ1) is 15.3. The van der Waals surface area contributed by atoms with E-state index in [0.29, 0.717) is 11.7 Å². The lowest BCUT2D eigenvalue weighted by Gasteiger charge is -2.26. The third-order valence-electron chi connectivity index (χ3n) is 4.19. The fraction of sp³-hybridized carbons (Fsp3) is 0.625. The highest BCUT2D eigenvalue weighted by Gasteiger charge is 2.25. The van der Waals surface area contributed by atoms with Gasteiger partial charge < -0.3 is 5.32 Å². The Labute approximate surface area is 121 Å². The number of anilines is 1. The lowest BCUT2D eigenvalue weighted by Crippen LogP contribution is -2.38. The molecule has 0 saturated carbocycles. The predicted molar refractivity (Wildman–Crippen MR) is 82.7 cm³/mol. The van der Waals surface area contributed by atoms with Gasteiger partial charge in [-0.2, -0.15) is 0 Å². The Morgan fingerprint density at radius 1 is 1.30 bits per heavy atom. The van der Waals surface area contributed by atoms with Crippen molar-refractivity contribution in [2.45, 2.75) is 26.3 Å². The molecule has 1 saturated heterocycles.